The lowest BCUT2D eigenvalue weighted by atomic mass is 10.0. The molecule has 0 amide bonds. The van der Waals surface area contributed by atoms with Crippen LogP contribution in [0.5, 0.6) is 0 Å². The maximum absolute atomic E-state index is 10.5. The van der Waals surface area contributed by atoms with Gasteiger partial charge in [-0.1, -0.05) is 36.4 Å². The van der Waals surface area contributed by atoms with Gasteiger partial charge in [-0.25, -0.2) is 0 Å². The molecule has 0 unspecified atom stereocenters. The number of H-pyrrole nitrogens is 2. The summed E-state index contributed by atoms with van der Waals surface area (Å²) in [6, 6.07) is 16.4. The minimum absolute atomic E-state index is 0.390. The van der Waals surface area contributed by atoms with Gasteiger partial charge in [-0.05, 0) is 23.3 Å². The Morgan fingerprint density at radius 3 is 1.68 bits per heavy atom. The summed E-state index contributed by atoms with van der Waals surface area (Å²) in [5, 5.41) is 12.9. The smallest absolute Gasteiger partial charge is 0.0622 e. The molecule has 22 heavy (non-hydrogen) atoms. The molecule has 4 rings (SSSR count). The van der Waals surface area contributed by atoms with Crippen LogP contribution in [0, 0.1) is 0 Å². The third-order valence-electron chi connectivity index (χ3n) is 4.26. The summed E-state index contributed by atoms with van der Waals surface area (Å²) in [4.78, 5) is 6.53. The highest BCUT2D eigenvalue weighted by Gasteiger charge is 2.12. The van der Waals surface area contributed by atoms with Crippen molar-refractivity contribution >= 4 is 21.8 Å². The fourth-order valence-corrected chi connectivity index (χ4v) is 3.18. The highest BCUT2D eigenvalue weighted by atomic mass is 16.3. The summed E-state index contributed by atoms with van der Waals surface area (Å²) in [7, 11) is 0. The van der Waals surface area contributed by atoms with Crippen molar-refractivity contribution < 1.29 is 5.11 Å². The van der Waals surface area contributed by atoms with Gasteiger partial charge in [-0.3, -0.25) is 0 Å². The minimum Gasteiger partial charge on any atom is -0.392 e. The number of fused-ring (bicyclic) bond motifs is 2. The molecule has 0 spiro atoms. The SMILES string of the molecule is OC(Cc1c[nH]c2ccccc12)Cc1c[nH]c2ccccc12. The van der Waals surface area contributed by atoms with Crippen LogP contribution in [0.2, 0.25) is 0 Å². The minimum atomic E-state index is -0.390. The van der Waals surface area contributed by atoms with Gasteiger partial charge in [-0.15, -0.1) is 0 Å². The number of aromatic amines is 2. The Labute approximate surface area is 128 Å². The maximum Gasteiger partial charge on any atom is 0.0622 e. The summed E-state index contributed by atoms with van der Waals surface area (Å²) in [5.41, 5.74) is 4.58. The van der Waals surface area contributed by atoms with Crippen LogP contribution in [0.1, 0.15) is 11.1 Å². The Balaban J connectivity index is 1.56. The zero-order chi connectivity index (χ0) is 14.9. The Morgan fingerprint density at radius 1 is 0.727 bits per heavy atom. The van der Waals surface area contributed by atoms with Gasteiger partial charge >= 0.3 is 0 Å². The molecule has 0 radical (unpaired) electrons. The first-order chi connectivity index (χ1) is 10.8. The summed E-state index contributed by atoms with van der Waals surface area (Å²) >= 11 is 0. The van der Waals surface area contributed by atoms with E-state index in [1.807, 2.05) is 36.7 Å². The van der Waals surface area contributed by atoms with Crippen LogP contribution >= 0.6 is 0 Å². The predicted octanol–water partition coefficient (Wildman–Crippen LogP) is 3.80. The van der Waals surface area contributed by atoms with E-state index in [-0.39, 0.29) is 0 Å². The van der Waals surface area contributed by atoms with Crippen molar-refractivity contribution in [3.05, 3.63) is 72.1 Å². The van der Waals surface area contributed by atoms with Gasteiger partial charge in [0.15, 0.2) is 0 Å². The van der Waals surface area contributed by atoms with E-state index in [1.165, 1.54) is 21.9 Å². The molecule has 0 bridgehead atoms. The Kier molecular flexibility index (Phi) is 3.20. The Hall–Kier alpha value is -2.52. The summed E-state index contributed by atoms with van der Waals surface area (Å²) < 4.78 is 0. The van der Waals surface area contributed by atoms with E-state index in [1.54, 1.807) is 0 Å². The molecule has 0 fully saturated rings. The van der Waals surface area contributed by atoms with Crippen LogP contribution in [0.4, 0.5) is 0 Å². The van der Waals surface area contributed by atoms with Gasteiger partial charge in [0.2, 0.25) is 0 Å². The van der Waals surface area contributed by atoms with Gasteiger partial charge in [0.05, 0.1) is 6.10 Å². The molecule has 2 aromatic heterocycles. The number of rotatable bonds is 4. The summed E-state index contributed by atoms with van der Waals surface area (Å²) in [5.74, 6) is 0. The highest BCUT2D eigenvalue weighted by molar-refractivity contribution is 5.84. The first-order valence-electron chi connectivity index (χ1n) is 7.59. The Bertz CT molecular complexity index is 843. The Morgan fingerprint density at radius 2 is 1.18 bits per heavy atom. The number of benzene rings is 2. The molecule has 0 aliphatic carbocycles. The number of nitrogens with one attached hydrogen (secondary N) is 2. The molecule has 3 nitrogen and oxygen atoms in total. The van der Waals surface area contributed by atoms with Gasteiger partial charge in [0, 0.05) is 47.0 Å². The average molecular weight is 290 g/mol. The number of aliphatic hydroxyl groups is 1. The number of hydrogen-bond acceptors (Lipinski definition) is 1. The molecule has 0 aliphatic heterocycles. The second-order valence-corrected chi connectivity index (χ2v) is 5.78. The molecular formula is C19H18N2O. The second kappa shape index (κ2) is 5.35. The van der Waals surface area contributed by atoms with Crippen molar-refractivity contribution in [1.82, 2.24) is 9.97 Å². The molecule has 2 heterocycles. The highest BCUT2D eigenvalue weighted by Crippen LogP contribution is 2.22. The molecule has 0 saturated carbocycles. The molecule has 0 aliphatic rings. The first-order valence-corrected chi connectivity index (χ1v) is 7.59. The quantitative estimate of drug-likeness (QED) is 0.526. The van der Waals surface area contributed by atoms with E-state index >= 15 is 0 Å². The van der Waals surface area contributed by atoms with E-state index in [0.717, 1.165) is 11.0 Å². The summed E-state index contributed by atoms with van der Waals surface area (Å²) in [6.07, 6.45) is 4.93. The van der Waals surface area contributed by atoms with E-state index in [9.17, 15) is 5.11 Å². The van der Waals surface area contributed by atoms with Crippen molar-refractivity contribution in [2.75, 3.05) is 0 Å². The lowest BCUT2D eigenvalue weighted by Gasteiger charge is -2.09. The van der Waals surface area contributed by atoms with Crippen LogP contribution in [0.15, 0.2) is 60.9 Å². The van der Waals surface area contributed by atoms with Gasteiger partial charge in [0.1, 0.15) is 0 Å². The van der Waals surface area contributed by atoms with E-state index in [4.69, 9.17) is 0 Å². The molecule has 3 N–H and O–H groups in total. The molecular weight excluding hydrogens is 272 g/mol. The van der Waals surface area contributed by atoms with Gasteiger partial charge in [0.25, 0.3) is 0 Å². The third-order valence-corrected chi connectivity index (χ3v) is 4.26. The van der Waals surface area contributed by atoms with Crippen molar-refractivity contribution in [1.29, 1.82) is 0 Å². The number of aromatic nitrogens is 2. The zero-order valence-corrected chi connectivity index (χ0v) is 12.2. The third kappa shape index (κ3) is 2.30. The van der Waals surface area contributed by atoms with Gasteiger partial charge < -0.3 is 15.1 Å². The van der Waals surface area contributed by atoms with Crippen LogP contribution in [-0.2, 0) is 12.8 Å². The van der Waals surface area contributed by atoms with E-state index in [2.05, 4.69) is 34.2 Å². The van der Waals surface area contributed by atoms with Crippen molar-refractivity contribution in [3.8, 4) is 0 Å². The van der Waals surface area contributed by atoms with Crippen LogP contribution in [-0.4, -0.2) is 21.2 Å². The fraction of sp³-hybridized carbons (Fsp3) is 0.158. The van der Waals surface area contributed by atoms with Crippen molar-refractivity contribution in [2.45, 2.75) is 18.9 Å². The van der Waals surface area contributed by atoms with E-state index in [0.29, 0.717) is 12.8 Å². The monoisotopic (exact) mass is 290 g/mol. The van der Waals surface area contributed by atoms with Crippen molar-refractivity contribution in [3.63, 3.8) is 0 Å². The number of hydrogen-bond donors (Lipinski definition) is 3. The number of aliphatic hydroxyl groups excluding tert-OH is 1. The molecule has 0 saturated heterocycles. The lowest BCUT2D eigenvalue weighted by molar-refractivity contribution is 0.176. The zero-order valence-electron chi connectivity index (χ0n) is 12.2. The number of para-hydroxylation sites is 2. The van der Waals surface area contributed by atoms with Crippen LogP contribution < -0.4 is 0 Å². The first kappa shape index (κ1) is 13.2. The van der Waals surface area contributed by atoms with Gasteiger partial charge in [-0.2, -0.15) is 0 Å². The molecule has 2 aromatic carbocycles. The molecule has 0 atom stereocenters. The topological polar surface area (TPSA) is 51.8 Å². The second-order valence-electron chi connectivity index (χ2n) is 5.78. The predicted molar refractivity (Wildman–Crippen MR) is 90.0 cm³/mol. The average Bonchev–Trinajstić information content (AvgIpc) is 3.13. The lowest BCUT2D eigenvalue weighted by Crippen LogP contribution is -2.13. The van der Waals surface area contributed by atoms with Crippen molar-refractivity contribution in [2.24, 2.45) is 0 Å². The fourth-order valence-electron chi connectivity index (χ4n) is 3.18. The molecule has 3 heteroatoms. The maximum atomic E-state index is 10.5. The normalized spacial score (nSPS) is 11.7. The largest absolute Gasteiger partial charge is 0.392 e. The standard InChI is InChI=1S/C19H18N2O/c22-15(9-13-11-20-18-7-3-1-5-16(13)18)10-14-12-21-19-8-4-2-6-17(14)19/h1-8,11-12,15,20-22H,9-10H2. The molecule has 110 valence electrons. The molecule has 4 aromatic rings. The van der Waals surface area contributed by atoms with E-state index < -0.39 is 6.10 Å². The van der Waals surface area contributed by atoms with Crippen LogP contribution in [0.3, 0.4) is 0 Å². The summed E-state index contributed by atoms with van der Waals surface area (Å²) in [6.45, 7) is 0. The van der Waals surface area contributed by atoms with Crippen LogP contribution in [0.25, 0.3) is 21.8 Å².